The number of aliphatic hydroxyl groups is 1. The number of ether oxygens (including phenoxy) is 2. The molecule has 0 aromatic heterocycles. The lowest BCUT2D eigenvalue weighted by Crippen LogP contribution is -1.99. The molecule has 0 saturated heterocycles. The molecule has 0 aliphatic carbocycles. The maximum atomic E-state index is 11.0. The summed E-state index contributed by atoms with van der Waals surface area (Å²) in [5.74, 6) is 1.77. The van der Waals surface area contributed by atoms with Gasteiger partial charge in [-0.25, -0.2) is 0 Å². The molecule has 1 aromatic carbocycles. The second kappa shape index (κ2) is 7.07. The van der Waals surface area contributed by atoms with E-state index in [1.165, 1.54) is 32.0 Å². The molecule has 0 fully saturated rings. The van der Waals surface area contributed by atoms with Crippen molar-refractivity contribution in [3.63, 3.8) is 0 Å². The molecule has 0 aliphatic rings. The van der Waals surface area contributed by atoms with Crippen LogP contribution in [0.1, 0.15) is 5.56 Å². The van der Waals surface area contributed by atoms with Gasteiger partial charge in [0.25, 0.3) is 5.69 Å². The van der Waals surface area contributed by atoms with Crippen LogP contribution < -0.4 is 9.47 Å². The number of nitro groups is 1. The normalized spacial score (nSPS) is 10.2. The maximum absolute atomic E-state index is 11.0. The Morgan fingerprint density at radius 2 is 1.94 bits per heavy atom. The van der Waals surface area contributed by atoms with Crippen LogP contribution in [0.2, 0.25) is 0 Å². The van der Waals surface area contributed by atoms with Crippen molar-refractivity contribution in [2.45, 2.75) is 5.75 Å². The summed E-state index contributed by atoms with van der Waals surface area (Å²) in [6.45, 7) is 0.0474. The summed E-state index contributed by atoms with van der Waals surface area (Å²) in [5.41, 5.74) is 0.550. The molecule has 18 heavy (non-hydrogen) atoms. The van der Waals surface area contributed by atoms with Gasteiger partial charge in [0.15, 0.2) is 11.5 Å². The molecule has 1 N–H and O–H groups in total. The third-order valence-corrected chi connectivity index (χ3v) is 3.26. The van der Waals surface area contributed by atoms with Crippen molar-refractivity contribution in [1.29, 1.82) is 0 Å². The van der Waals surface area contributed by atoms with Gasteiger partial charge in [0.1, 0.15) is 0 Å². The Labute approximate surface area is 109 Å². The van der Waals surface area contributed by atoms with Gasteiger partial charge in [-0.05, 0) is 6.07 Å². The summed E-state index contributed by atoms with van der Waals surface area (Å²) in [6.07, 6.45) is 0. The van der Waals surface area contributed by atoms with E-state index in [9.17, 15) is 10.1 Å². The lowest BCUT2D eigenvalue weighted by atomic mass is 10.2. The first-order chi connectivity index (χ1) is 8.63. The summed E-state index contributed by atoms with van der Waals surface area (Å²) in [4.78, 5) is 10.5. The Bertz CT molecular complexity index is 424. The average molecular weight is 273 g/mol. The summed E-state index contributed by atoms with van der Waals surface area (Å²) >= 11 is 1.42. The van der Waals surface area contributed by atoms with E-state index in [1.54, 1.807) is 6.07 Å². The minimum atomic E-state index is -0.448. The zero-order valence-corrected chi connectivity index (χ0v) is 11.0. The fourth-order valence-corrected chi connectivity index (χ4v) is 2.17. The molecule has 0 heterocycles. The van der Waals surface area contributed by atoms with Gasteiger partial charge in [-0.1, -0.05) is 0 Å². The largest absolute Gasteiger partial charge is 0.493 e. The van der Waals surface area contributed by atoms with Gasteiger partial charge in [0.2, 0.25) is 0 Å². The molecule has 0 radical (unpaired) electrons. The first-order valence-electron chi connectivity index (χ1n) is 5.22. The molecular weight excluding hydrogens is 258 g/mol. The minimum Gasteiger partial charge on any atom is -0.493 e. The molecule has 0 unspecified atom stereocenters. The molecule has 1 aromatic rings. The number of benzene rings is 1. The van der Waals surface area contributed by atoms with Gasteiger partial charge in [-0.3, -0.25) is 10.1 Å². The number of rotatable bonds is 7. The second-order valence-corrected chi connectivity index (χ2v) is 4.47. The first-order valence-corrected chi connectivity index (χ1v) is 6.37. The van der Waals surface area contributed by atoms with Crippen LogP contribution in [0.4, 0.5) is 5.69 Å². The van der Waals surface area contributed by atoms with Gasteiger partial charge in [-0.2, -0.15) is 11.8 Å². The van der Waals surface area contributed by atoms with E-state index < -0.39 is 4.92 Å². The molecule has 0 spiro atoms. The molecule has 1 rings (SSSR count). The van der Waals surface area contributed by atoms with E-state index in [1.807, 2.05) is 0 Å². The third kappa shape index (κ3) is 3.51. The molecule has 0 amide bonds. The van der Waals surface area contributed by atoms with Crippen LogP contribution in [0.3, 0.4) is 0 Å². The molecule has 0 aliphatic heterocycles. The number of nitro benzene ring substituents is 1. The Morgan fingerprint density at radius 3 is 2.44 bits per heavy atom. The number of nitrogens with zero attached hydrogens (tertiary/aromatic N) is 1. The standard InChI is InChI=1S/C11H15NO5S/c1-16-10-5-8(7-18-4-3-13)9(12(14)15)6-11(10)17-2/h5-6,13H,3-4,7H2,1-2H3. The topological polar surface area (TPSA) is 81.8 Å². The predicted molar refractivity (Wildman–Crippen MR) is 69.4 cm³/mol. The average Bonchev–Trinajstić information content (AvgIpc) is 2.38. The highest BCUT2D eigenvalue weighted by molar-refractivity contribution is 7.98. The predicted octanol–water partition coefficient (Wildman–Crippen LogP) is 1.84. The zero-order valence-electron chi connectivity index (χ0n) is 10.2. The number of thioether (sulfide) groups is 1. The van der Waals surface area contributed by atoms with Crippen molar-refractivity contribution in [3.05, 3.63) is 27.8 Å². The van der Waals surface area contributed by atoms with Crippen molar-refractivity contribution in [1.82, 2.24) is 0 Å². The van der Waals surface area contributed by atoms with Crippen molar-refractivity contribution < 1.29 is 19.5 Å². The highest BCUT2D eigenvalue weighted by Gasteiger charge is 2.19. The van der Waals surface area contributed by atoms with Crippen LogP contribution in [0.25, 0.3) is 0 Å². The number of hydrogen-bond acceptors (Lipinski definition) is 6. The Kier molecular flexibility index (Phi) is 5.73. The Morgan fingerprint density at radius 1 is 1.33 bits per heavy atom. The smallest absolute Gasteiger partial charge is 0.277 e. The van der Waals surface area contributed by atoms with Gasteiger partial charge in [0, 0.05) is 17.1 Å². The van der Waals surface area contributed by atoms with Crippen LogP contribution in [-0.2, 0) is 5.75 Å². The summed E-state index contributed by atoms with van der Waals surface area (Å²) in [7, 11) is 2.91. The molecule has 6 nitrogen and oxygen atoms in total. The SMILES string of the molecule is COc1cc(CSCCO)c([N+](=O)[O-])cc1OC. The highest BCUT2D eigenvalue weighted by atomic mass is 32.2. The molecule has 100 valence electrons. The maximum Gasteiger partial charge on any atom is 0.277 e. The van der Waals surface area contributed by atoms with Gasteiger partial charge < -0.3 is 14.6 Å². The van der Waals surface area contributed by atoms with E-state index in [4.69, 9.17) is 14.6 Å². The quantitative estimate of drug-likeness (QED) is 0.464. The minimum absolute atomic E-state index is 0.00177. The second-order valence-electron chi connectivity index (χ2n) is 3.37. The Balaban J connectivity index is 3.08. The number of hydrogen-bond donors (Lipinski definition) is 1. The Hall–Kier alpha value is -1.47. The molecular formula is C11H15NO5S. The zero-order chi connectivity index (χ0) is 13.5. The molecule has 0 atom stereocenters. The fraction of sp³-hybridized carbons (Fsp3) is 0.455. The van der Waals surface area contributed by atoms with Gasteiger partial charge in [-0.15, -0.1) is 0 Å². The summed E-state index contributed by atoms with van der Waals surface area (Å²) in [5, 5.41) is 19.7. The van der Waals surface area contributed by atoms with Crippen LogP contribution >= 0.6 is 11.8 Å². The van der Waals surface area contributed by atoms with Crippen molar-refractivity contribution in [2.24, 2.45) is 0 Å². The van der Waals surface area contributed by atoms with Crippen LogP contribution in [0, 0.1) is 10.1 Å². The third-order valence-electron chi connectivity index (χ3n) is 2.27. The van der Waals surface area contributed by atoms with E-state index in [0.29, 0.717) is 28.6 Å². The fourth-order valence-electron chi connectivity index (χ4n) is 1.44. The monoisotopic (exact) mass is 273 g/mol. The molecule has 7 heteroatoms. The lowest BCUT2D eigenvalue weighted by molar-refractivity contribution is -0.385. The number of aliphatic hydroxyl groups excluding tert-OH is 1. The van der Waals surface area contributed by atoms with Crippen molar-refractivity contribution in [3.8, 4) is 11.5 Å². The van der Waals surface area contributed by atoms with Gasteiger partial charge in [0.05, 0.1) is 31.8 Å². The lowest BCUT2D eigenvalue weighted by Gasteiger charge is -2.10. The van der Waals surface area contributed by atoms with Crippen LogP contribution in [0.15, 0.2) is 12.1 Å². The van der Waals surface area contributed by atoms with E-state index in [2.05, 4.69) is 0 Å². The van der Waals surface area contributed by atoms with Gasteiger partial charge >= 0.3 is 0 Å². The van der Waals surface area contributed by atoms with Crippen molar-refractivity contribution >= 4 is 17.4 Å². The molecule has 0 bridgehead atoms. The highest BCUT2D eigenvalue weighted by Crippen LogP contribution is 2.35. The van der Waals surface area contributed by atoms with Crippen LogP contribution in [0.5, 0.6) is 11.5 Å². The van der Waals surface area contributed by atoms with E-state index in [0.717, 1.165) is 0 Å². The summed E-state index contributed by atoms with van der Waals surface area (Å²) < 4.78 is 10.1. The molecule has 0 saturated carbocycles. The van der Waals surface area contributed by atoms with E-state index in [-0.39, 0.29) is 12.3 Å². The van der Waals surface area contributed by atoms with Crippen molar-refractivity contribution in [2.75, 3.05) is 26.6 Å². The first kappa shape index (κ1) is 14.6. The van der Waals surface area contributed by atoms with E-state index >= 15 is 0 Å². The summed E-state index contributed by atoms with van der Waals surface area (Å²) in [6, 6.07) is 2.95. The van der Waals surface area contributed by atoms with Crippen LogP contribution in [-0.4, -0.2) is 36.6 Å². The number of methoxy groups -OCH3 is 2.